The summed E-state index contributed by atoms with van der Waals surface area (Å²) in [6.45, 7) is 4.35. The van der Waals surface area contributed by atoms with Gasteiger partial charge < -0.3 is 5.73 Å². The average molecular weight is 218 g/mol. The highest BCUT2D eigenvalue weighted by Crippen LogP contribution is 2.49. The third kappa shape index (κ3) is 1.59. The van der Waals surface area contributed by atoms with E-state index in [0.717, 1.165) is 12.0 Å². The first-order valence-corrected chi connectivity index (χ1v) is 5.95. The van der Waals surface area contributed by atoms with Crippen molar-refractivity contribution in [2.24, 2.45) is 17.6 Å². The van der Waals surface area contributed by atoms with Gasteiger partial charge in [-0.1, -0.05) is 37.8 Å². The van der Waals surface area contributed by atoms with E-state index in [1.54, 1.807) is 11.8 Å². The monoisotopic (exact) mass is 218 g/mol. The van der Waals surface area contributed by atoms with Crippen LogP contribution in [0.2, 0.25) is 0 Å². The van der Waals surface area contributed by atoms with Crippen molar-refractivity contribution in [1.82, 2.24) is 0 Å². The number of allylic oxidation sites excluding steroid dienone is 5. The topological polar surface area (TPSA) is 49.8 Å². The summed E-state index contributed by atoms with van der Waals surface area (Å²) in [4.78, 5) is 1.29. The number of nitrogens with two attached hydrogens (primary N) is 1. The molecule has 0 aromatic heterocycles. The van der Waals surface area contributed by atoms with E-state index in [1.165, 1.54) is 10.5 Å². The molecular formula is C12H14N2S. The Hall–Kier alpha value is -1.14. The molecule has 0 saturated carbocycles. The molecular weight excluding hydrogens is 204 g/mol. The van der Waals surface area contributed by atoms with E-state index in [1.807, 2.05) is 0 Å². The fourth-order valence-electron chi connectivity index (χ4n) is 2.06. The molecule has 0 spiro atoms. The third-order valence-corrected chi connectivity index (χ3v) is 4.03. The first-order valence-electron chi connectivity index (χ1n) is 5.13. The maximum absolute atomic E-state index is 9.05. The van der Waals surface area contributed by atoms with E-state index in [-0.39, 0.29) is 5.92 Å². The lowest BCUT2D eigenvalue weighted by atomic mass is 9.86. The summed E-state index contributed by atoms with van der Waals surface area (Å²) in [5.74, 6) is 0.736. The molecule has 0 amide bonds. The standard InChI is InChI=1S/C12H14N2S/c1-7(2)8-4-3-5-9-10(6-13)12(14)15-11(8)9/h3-4,7,9H,5,14H2,1-2H3. The molecule has 0 aromatic carbocycles. The van der Waals surface area contributed by atoms with Gasteiger partial charge in [0, 0.05) is 10.8 Å². The quantitative estimate of drug-likeness (QED) is 0.736. The molecule has 15 heavy (non-hydrogen) atoms. The SMILES string of the molecule is CC(C)C1=C2SC(N)=C(C#N)C2CC=C1. The number of hydrogen-bond acceptors (Lipinski definition) is 3. The zero-order valence-electron chi connectivity index (χ0n) is 8.95. The molecule has 2 nitrogen and oxygen atoms in total. The predicted molar refractivity (Wildman–Crippen MR) is 63.5 cm³/mol. The van der Waals surface area contributed by atoms with Gasteiger partial charge in [0.05, 0.1) is 16.7 Å². The molecule has 1 heterocycles. The first kappa shape index (κ1) is 10.4. The molecule has 2 aliphatic rings. The molecule has 0 radical (unpaired) electrons. The van der Waals surface area contributed by atoms with Crippen LogP contribution in [0.4, 0.5) is 0 Å². The first-order chi connectivity index (χ1) is 7.15. The Labute approximate surface area is 94.5 Å². The summed E-state index contributed by atoms with van der Waals surface area (Å²) >= 11 is 1.58. The summed E-state index contributed by atoms with van der Waals surface area (Å²) in [5.41, 5.74) is 7.97. The number of nitrogens with zero attached hydrogens (tertiary/aromatic N) is 1. The van der Waals surface area contributed by atoms with Crippen molar-refractivity contribution in [3.8, 4) is 6.07 Å². The van der Waals surface area contributed by atoms with Crippen LogP contribution >= 0.6 is 11.8 Å². The zero-order chi connectivity index (χ0) is 11.0. The van der Waals surface area contributed by atoms with Crippen LogP contribution in [0, 0.1) is 23.2 Å². The van der Waals surface area contributed by atoms with Gasteiger partial charge >= 0.3 is 0 Å². The Kier molecular flexibility index (Phi) is 2.62. The summed E-state index contributed by atoms with van der Waals surface area (Å²) in [7, 11) is 0. The molecule has 1 atom stereocenters. The Bertz CT molecular complexity index is 421. The molecule has 0 fully saturated rings. The molecule has 1 aliphatic heterocycles. The molecule has 2 N–H and O–H groups in total. The minimum absolute atomic E-state index is 0.238. The van der Waals surface area contributed by atoms with Gasteiger partial charge in [-0.3, -0.25) is 0 Å². The highest BCUT2D eigenvalue weighted by Gasteiger charge is 2.33. The Morgan fingerprint density at radius 1 is 1.60 bits per heavy atom. The minimum Gasteiger partial charge on any atom is -0.392 e. The van der Waals surface area contributed by atoms with Crippen molar-refractivity contribution in [1.29, 1.82) is 5.26 Å². The van der Waals surface area contributed by atoms with Crippen molar-refractivity contribution in [2.75, 3.05) is 0 Å². The number of thioether (sulfide) groups is 1. The smallest absolute Gasteiger partial charge is 0.0981 e. The highest BCUT2D eigenvalue weighted by molar-refractivity contribution is 8.07. The minimum atomic E-state index is 0.238. The second-order valence-corrected chi connectivity index (χ2v) is 5.24. The van der Waals surface area contributed by atoms with Crippen molar-refractivity contribution in [3.05, 3.63) is 33.2 Å². The predicted octanol–water partition coefficient (Wildman–Crippen LogP) is 2.91. The average Bonchev–Trinajstić information content (AvgIpc) is 2.52. The Morgan fingerprint density at radius 3 is 2.93 bits per heavy atom. The molecule has 3 heteroatoms. The van der Waals surface area contributed by atoms with Gasteiger partial charge in [0.2, 0.25) is 0 Å². The van der Waals surface area contributed by atoms with Gasteiger partial charge in [-0.25, -0.2) is 0 Å². The van der Waals surface area contributed by atoms with Gasteiger partial charge in [0.1, 0.15) is 0 Å². The third-order valence-electron chi connectivity index (χ3n) is 2.85. The summed E-state index contributed by atoms with van der Waals surface area (Å²) in [5, 5.41) is 9.75. The van der Waals surface area contributed by atoms with Gasteiger partial charge in [-0.2, -0.15) is 5.26 Å². The van der Waals surface area contributed by atoms with Crippen LogP contribution in [0.25, 0.3) is 0 Å². The van der Waals surface area contributed by atoms with Crippen molar-refractivity contribution in [3.63, 3.8) is 0 Å². The van der Waals surface area contributed by atoms with Crippen LogP contribution in [-0.2, 0) is 0 Å². The van der Waals surface area contributed by atoms with Crippen LogP contribution in [0.3, 0.4) is 0 Å². The lowest BCUT2D eigenvalue weighted by molar-refractivity contribution is 0.714. The lowest BCUT2D eigenvalue weighted by Gasteiger charge is -2.20. The normalized spacial score (nSPS) is 24.8. The van der Waals surface area contributed by atoms with Crippen LogP contribution in [-0.4, -0.2) is 0 Å². The van der Waals surface area contributed by atoms with E-state index in [0.29, 0.717) is 10.9 Å². The second kappa shape index (κ2) is 3.79. The van der Waals surface area contributed by atoms with Gasteiger partial charge in [0.15, 0.2) is 0 Å². The maximum Gasteiger partial charge on any atom is 0.0981 e. The second-order valence-electron chi connectivity index (χ2n) is 4.16. The highest BCUT2D eigenvalue weighted by atomic mass is 32.2. The molecule has 0 bridgehead atoms. The van der Waals surface area contributed by atoms with E-state index < -0.39 is 0 Å². The molecule has 1 unspecified atom stereocenters. The largest absolute Gasteiger partial charge is 0.392 e. The van der Waals surface area contributed by atoms with Crippen LogP contribution < -0.4 is 5.73 Å². The molecule has 2 rings (SSSR count). The van der Waals surface area contributed by atoms with Crippen LogP contribution in [0.15, 0.2) is 33.2 Å². The maximum atomic E-state index is 9.05. The fourth-order valence-corrected chi connectivity index (χ4v) is 3.37. The van der Waals surface area contributed by atoms with Gasteiger partial charge in [-0.05, 0) is 17.9 Å². The molecule has 1 aliphatic carbocycles. The van der Waals surface area contributed by atoms with Crippen molar-refractivity contribution < 1.29 is 0 Å². The van der Waals surface area contributed by atoms with Gasteiger partial charge in [0.25, 0.3) is 0 Å². The van der Waals surface area contributed by atoms with Gasteiger partial charge in [-0.15, -0.1) is 0 Å². The summed E-state index contributed by atoms with van der Waals surface area (Å²) in [6.07, 6.45) is 5.25. The number of nitriles is 1. The fraction of sp³-hybridized carbons (Fsp3) is 0.417. The van der Waals surface area contributed by atoms with Crippen molar-refractivity contribution >= 4 is 11.8 Å². The Balaban J connectivity index is 2.44. The lowest BCUT2D eigenvalue weighted by Crippen LogP contribution is -2.08. The zero-order valence-corrected chi connectivity index (χ0v) is 9.77. The molecule has 0 saturated heterocycles. The van der Waals surface area contributed by atoms with Crippen molar-refractivity contribution in [2.45, 2.75) is 20.3 Å². The van der Waals surface area contributed by atoms with E-state index in [4.69, 9.17) is 11.0 Å². The summed E-state index contributed by atoms with van der Waals surface area (Å²) in [6, 6.07) is 2.24. The number of rotatable bonds is 1. The molecule has 0 aromatic rings. The van der Waals surface area contributed by atoms with E-state index >= 15 is 0 Å². The van der Waals surface area contributed by atoms with Crippen LogP contribution in [0.1, 0.15) is 20.3 Å². The number of fused-ring (bicyclic) bond motifs is 1. The van der Waals surface area contributed by atoms with Crippen LogP contribution in [0.5, 0.6) is 0 Å². The van der Waals surface area contributed by atoms with E-state index in [2.05, 4.69) is 32.1 Å². The van der Waals surface area contributed by atoms with E-state index in [9.17, 15) is 0 Å². The molecule has 78 valence electrons. The number of hydrogen-bond donors (Lipinski definition) is 1. The summed E-state index contributed by atoms with van der Waals surface area (Å²) < 4.78 is 0. The Morgan fingerprint density at radius 2 is 2.33 bits per heavy atom.